The Labute approximate surface area is 153 Å². The van der Waals surface area contributed by atoms with Crippen molar-refractivity contribution in [3.63, 3.8) is 0 Å². The van der Waals surface area contributed by atoms with Crippen LogP contribution in [0.3, 0.4) is 0 Å². The molecule has 0 aromatic carbocycles. The fourth-order valence-corrected chi connectivity index (χ4v) is 4.94. The van der Waals surface area contributed by atoms with Crippen molar-refractivity contribution in [2.45, 2.75) is 45.4 Å². The minimum atomic E-state index is 0.191. The molecule has 0 atom stereocenters. The molecule has 2 aliphatic heterocycles. The Morgan fingerprint density at radius 1 is 1.08 bits per heavy atom. The number of likely N-dealkylation sites (tertiary alicyclic amines) is 1. The van der Waals surface area contributed by atoms with Crippen LogP contribution < -0.4 is 4.90 Å². The number of fused-ring (bicyclic) bond motifs is 1. The molecule has 5 nitrogen and oxygen atoms in total. The number of aromatic nitrogens is 2. The predicted octanol–water partition coefficient (Wildman–Crippen LogP) is 3.62. The molecule has 134 valence electrons. The van der Waals surface area contributed by atoms with E-state index in [1.807, 2.05) is 0 Å². The third-order valence-electron chi connectivity index (χ3n) is 5.49. The number of thiophene rings is 1. The first-order valence-corrected chi connectivity index (χ1v) is 10.3. The Hall–Kier alpha value is -1.69. The number of hydrogen-bond donors (Lipinski definition) is 0. The first kappa shape index (κ1) is 16.8. The molecule has 2 fully saturated rings. The van der Waals surface area contributed by atoms with Gasteiger partial charge >= 0.3 is 0 Å². The van der Waals surface area contributed by atoms with Crippen LogP contribution in [-0.2, 0) is 4.79 Å². The third-order valence-corrected chi connectivity index (χ3v) is 6.45. The Balaban J connectivity index is 1.43. The number of amides is 1. The predicted molar refractivity (Wildman–Crippen MR) is 102 cm³/mol. The fraction of sp³-hybridized carbons (Fsp3) is 0.632. The molecule has 0 radical (unpaired) electrons. The average Bonchev–Trinajstić information content (AvgIpc) is 2.84. The lowest BCUT2D eigenvalue weighted by molar-refractivity contribution is -0.136. The number of rotatable bonds is 2. The molecule has 0 bridgehead atoms. The van der Waals surface area contributed by atoms with Gasteiger partial charge in [-0.25, -0.2) is 9.97 Å². The van der Waals surface area contributed by atoms with Crippen molar-refractivity contribution in [1.82, 2.24) is 14.9 Å². The molecule has 0 saturated carbocycles. The van der Waals surface area contributed by atoms with E-state index in [0.717, 1.165) is 55.1 Å². The zero-order chi connectivity index (χ0) is 17.2. The van der Waals surface area contributed by atoms with Crippen molar-refractivity contribution < 1.29 is 4.79 Å². The summed E-state index contributed by atoms with van der Waals surface area (Å²) >= 11 is 1.72. The summed E-state index contributed by atoms with van der Waals surface area (Å²) in [6, 6.07) is 2.18. The van der Waals surface area contributed by atoms with E-state index in [1.165, 1.54) is 30.6 Å². The van der Waals surface area contributed by atoms with Gasteiger partial charge in [-0.2, -0.15) is 0 Å². The van der Waals surface area contributed by atoms with Crippen LogP contribution in [-0.4, -0.2) is 47.0 Å². The van der Waals surface area contributed by atoms with Gasteiger partial charge in [0.25, 0.3) is 0 Å². The van der Waals surface area contributed by atoms with Gasteiger partial charge in [-0.1, -0.05) is 12.8 Å². The summed E-state index contributed by atoms with van der Waals surface area (Å²) in [4.78, 5) is 28.6. The Kier molecular flexibility index (Phi) is 4.88. The van der Waals surface area contributed by atoms with Gasteiger partial charge in [0.05, 0.1) is 5.39 Å². The van der Waals surface area contributed by atoms with Crippen LogP contribution in [0.2, 0.25) is 0 Å². The number of anilines is 1. The van der Waals surface area contributed by atoms with Crippen LogP contribution in [0, 0.1) is 12.8 Å². The lowest BCUT2D eigenvalue weighted by atomic mass is 9.95. The first-order valence-electron chi connectivity index (χ1n) is 9.47. The number of carbonyl (C=O) groups is 1. The van der Waals surface area contributed by atoms with Crippen LogP contribution in [0.4, 0.5) is 5.82 Å². The van der Waals surface area contributed by atoms with E-state index >= 15 is 0 Å². The molecular weight excluding hydrogens is 332 g/mol. The second-order valence-electron chi connectivity index (χ2n) is 7.27. The molecule has 1 amide bonds. The molecule has 2 aliphatic rings. The molecule has 0 unspecified atom stereocenters. The molecule has 0 spiro atoms. The summed E-state index contributed by atoms with van der Waals surface area (Å²) in [5.41, 5.74) is 0. The number of aryl methyl sites for hydroxylation is 1. The van der Waals surface area contributed by atoms with Crippen molar-refractivity contribution >= 4 is 33.3 Å². The van der Waals surface area contributed by atoms with Gasteiger partial charge in [0.1, 0.15) is 17.0 Å². The zero-order valence-electron chi connectivity index (χ0n) is 14.9. The molecule has 0 aliphatic carbocycles. The molecular formula is C19H26N4OS. The molecule has 6 heteroatoms. The number of piperidine rings is 1. The minimum Gasteiger partial charge on any atom is -0.356 e. The second-order valence-corrected chi connectivity index (χ2v) is 8.51. The van der Waals surface area contributed by atoms with E-state index in [1.54, 1.807) is 17.7 Å². The Morgan fingerprint density at radius 3 is 2.52 bits per heavy atom. The standard InChI is InChI=1S/C19H26N4OS/c1-14-12-16-17(20-13-21-18(16)25-14)22-10-6-15(7-11-22)19(24)23-8-4-2-3-5-9-23/h12-13,15H,2-11H2,1H3. The molecule has 25 heavy (non-hydrogen) atoms. The van der Waals surface area contributed by atoms with E-state index in [0.29, 0.717) is 5.91 Å². The van der Waals surface area contributed by atoms with Crippen molar-refractivity contribution in [2.75, 3.05) is 31.1 Å². The van der Waals surface area contributed by atoms with E-state index < -0.39 is 0 Å². The van der Waals surface area contributed by atoms with Gasteiger partial charge in [-0.15, -0.1) is 11.3 Å². The highest BCUT2D eigenvalue weighted by Crippen LogP contribution is 2.32. The van der Waals surface area contributed by atoms with E-state index in [2.05, 4.69) is 32.8 Å². The Morgan fingerprint density at radius 2 is 1.80 bits per heavy atom. The lowest BCUT2D eigenvalue weighted by Crippen LogP contribution is -2.43. The summed E-state index contributed by atoms with van der Waals surface area (Å²) in [6.07, 6.45) is 8.41. The van der Waals surface area contributed by atoms with Gasteiger partial charge in [-0.05, 0) is 38.7 Å². The highest BCUT2D eigenvalue weighted by atomic mass is 32.1. The summed E-state index contributed by atoms with van der Waals surface area (Å²) in [5.74, 6) is 1.62. The number of hydrogen-bond acceptors (Lipinski definition) is 5. The second kappa shape index (κ2) is 7.28. The SMILES string of the molecule is Cc1cc2c(N3CCC(C(=O)N4CCCCCC4)CC3)ncnc2s1. The minimum absolute atomic E-state index is 0.191. The fourth-order valence-electron chi connectivity index (χ4n) is 4.10. The molecule has 4 heterocycles. The van der Waals surface area contributed by atoms with Crippen molar-refractivity contribution in [3.8, 4) is 0 Å². The van der Waals surface area contributed by atoms with Crippen LogP contribution in [0.25, 0.3) is 10.2 Å². The number of nitrogens with zero attached hydrogens (tertiary/aromatic N) is 4. The molecule has 2 aromatic rings. The molecule has 2 saturated heterocycles. The maximum atomic E-state index is 12.8. The highest BCUT2D eigenvalue weighted by Gasteiger charge is 2.29. The third kappa shape index (κ3) is 3.50. The van der Waals surface area contributed by atoms with Gasteiger partial charge in [-0.3, -0.25) is 4.79 Å². The molecule has 0 N–H and O–H groups in total. The van der Waals surface area contributed by atoms with Crippen LogP contribution in [0.5, 0.6) is 0 Å². The normalized spacial score (nSPS) is 20.0. The highest BCUT2D eigenvalue weighted by molar-refractivity contribution is 7.18. The van der Waals surface area contributed by atoms with Crippen molar-refractivity contribution in [2.24, 2.45) is 5.92 Å². The zero-order valence-corrected chi connectivity index (χ0v) is 15.7. The summed E-state index contributed by atoms with van der Waals surface area (Å²) < 4.78 is 0. The average molecular weight is 359 g/mol. The topological polar surface area (TPSA) is 49.3 Å². The maximum absolute atomic E-state index is 12.8. The van der Waals surface area contributed by atoms with Crippen LogP contribution in [0.1, 0.15) is 43.4 Å². The quantitative estimate of drug-likeness (QED) is 0.823. The van der Waals surface area contributed by atoms with Gasteiger partial charge < -0.3 is 9.80 Å². The monoisotopic (exact) mass is 358 g/mol. The van der Waals surface area contributed by atoms with E-state index in [9.17, 15) is 4.79 Å². The summed E-state index contributed by atoms with van der Waals surface area (Å²) in [7, 11) is 0. The van der Waals surface area contributed by atoms with E-state index in [4.69, 9.17) is 0 Å². The largest absolute Gasteiger partial charge is 0.356 e. The number of carbonyl (C=O) groups excluding carboxylic acids is 1. The Bertz CT molecular complexity index is 743. The van der Waals surface area contributed by atoms with Crippen LogP contribution >= 0.6 is 11.3 Å². The first-order chi connectivity index (χ1) is 12.2. The van der Waals surface area contributed by atoms with Crippen molar-refractivity contribution in [3.05, 3.63) is 17.3 Å². The summed E-state index contributed by atoms with van der Waals surface area (Å²) in [5, 5.41) is 1.15. The smallest absolute Gasteiger partial charge is 0.225 e. The maximum Gasteiger partial charge on any atom is 0.225 e. The lowest BCUT2D eigenvalue weighted by Gasteiger charge is -2.34. The van der Waals surface area contributed by atoms with Gasteiger partial charge in [0.15, 0.2) is 0 Å². The molecule has 4 rings (SSSR count). The van der Waals surface area contributed by atoms with Crippen LogP contribution in [0.15, 0.2) is 12.4 Å². The summed E-state index contributed by atoms with van der Waals surface area (Å²) in [6.45, 7) is 5.85. The van der Waals surface area contributed by atoms with Gasteiger partial charge in [0, 0.05) is 37.0 Å². The molecule has 2 aromatic heterocycles. The van der Waals surface area contributed by atoms with Crippen molar-refractivity contribution in [1.29, 1.82) is 0 Å². The van der Waals surface area contributed by atoms with E-state index in [-0.39, 0.29) is 5.92 Å². The van der Waals surface area contributed by atoms with Gasteiger partial charge in [0.2, 0.25) is 5.91 Å².